The molecule has 0 N–H and O–H groups in total. The summed E-state index contributed by atoms with van der Waals surface area (Å²) in [5.41, 5.74) is 6.55. The predicted molar refractivity (Wildman–Crippen MR) is 54.4 cm³/mol. The second-order valence-corrected chi connectivity index (χ2v) is 3.52. The third-order valence-electron chi connectivity index (χ3n) is 2.58. The van der Waals surface area contributed by atoms with E-state index >= 15 is 0 Å². The lowest BCUT2D eigenvalue weighted by atomic mass is 10.0. The van der Waals surface area contributed by atoms with E-state index in [9.17, 15) is 0 Å². The van der Waals surface area contributed by atoms with Gasteiger partial charge in [-0.3, -0.25) is 0 Å². The minimum Gasteiger partial charge on any atom is -0.0610 e. The highest BCUT2D eigenvalue weighted by Gasteiger charge is 2.14. The summed E-state index contributed by atoms with van der Waals surface area (Å²) in [5, 5.41) is 0. The first kappa shape index (κ1) is 6.90. The third-order valence-corrected chi connectivity index (χ3v) is 2.58. The van der Waals surface area contributed by atoms with Crippen LogP contribution in [0.2, 0.25) is 0 Å². The SMILES string of the molecule is Cc1[c]cc2c(c1)-c1cccc-2c1. The molecular formula is C13H9. The summed E-state index contributed by atoms with van der Waals surface area (Å²) in [6.45, 7) is 2.08. The zero-order chi connectivity index (χ0) is 8.84. The lowest BCUT2D eigenvalue weighted by molar-refractivity contribution is 1.47. The van der Waals surface area contributed by atoms with Crippen LogP contribution in [0.5, 0.6) is 0 Å². The Kier molecular flexibility index (Phi) is 1.18. The first-order valence-corrected chi connectivity index (χ1v) is 4.48. The van der Waals surface area contributed by atoms with Crippen LogP contribution in [0, 0.1) is 13.0 Å². The fourth-order valence-corrected chi connectivity index (χ4v) is 1.93. The molecule has 0 unspecified atom stereocenters. The van der Waals surface area contributed by atoms with Gasteiger partial charge in [-0.1, -0.05) is 24.3 Å². The average Bonchev–Trinajstić information content (AvgIpc) is 2.39. The Labute approximate surface area is 77.8 Å². The monoisotopic (exact) mass is 165 g/mol. The maximum absolute atomic E-state index is 3.24. The van der Waals surface area contributed by atoms with Gasteiger partial charge in [0, 0.05) is 0 Å². The van der Waals surface area contributed by atoms with Crippen molar-refractivity contribution in [2.45, 2.75) is 6.92 Å². The second kappa shape index (κ2) is 2.23. The van der Waals surface area contributed by atoms with Crippen LogP contribution in [0.3, 0.4) is 0 Å². The van der Waals surface area contributed by atoms with E-state index in [1.807, 2.05) is 0 Å². The molecule has 1 aliphatic rings. The van der Waals surface area contributed by atoms with E-state index < -0.39 is 0 Å². The summed E-state index contributed by atoms with van der Waals surface area (Å²) in [7, 11) is 0. The van der Waals surface area contributed by atoms with E-state index in [2.05, 4.69) is 49.4 Å². The minimum absolute atomic E-state index is 1.21. The first-order chi connectivity index (χ1) is 6.34. The molecule has 0 aromatic heterocycles. The minimum atomic E-state index is 1.21. The van der Waals surface area contributed by atoms with Crippen molar-refractivity contribution in [2.75, 3.05) is 0 Å². The van der Waals surface area contributed by atoms with E-state index in [1.54, 1.807) is 0 Å². The van der Waals surface area contributed by atoms with E-state index in [0.29, 0.717) is 0 Å². The summed E-state index contributed by atoms with van der Waals surface area (Å²) in [5.74, 6) is 0. The molecule has 2 aromatic carbocycles. The normalized spacial score (nSPS) is 11.5. The van der Waals surface area contributed by atoms with Crippen molar-refractivity contribution in [2.24, 2.45) is 0 Å². The lowest BCUT2D eigenvalue weighted by Gasteiger charge is -2.00. The van der Waals surface area contributed by atoms with Crippen LogP contribution in [0.1, 0.15) is 5.56 Å². The van der Waals surface area contributed by atoms with Crippen molar-refractivity contribution in [3.63, 3.8) is 0 Å². The third kappa shape index (κ3) is 0.858. The number of hydrogen-bond donors (Lipinski definition) is 0. The molecule has 13 heavy (non-hydrogen) atoms. The molecule has 0 spiro atoms. The fraction of sp³-hybridized carbons (Fsp3) is 0.0769. The quantitative estimate of drug-likeness (QED) is 0.478. The van der Waals surface area contributed by atoms with Gasteiger partial charge >= 0.3 is 0 Å². The highest BCUT2D eigenvalue weighted by molar-refractivity contribution is 5.91. The first-order valence-electron chi connectivity index (χ1n) is 4.48. The molecule has 0 saturated carbocycles. The fourth-order valence-electron chi connectivity index (χ4n) is 1.93. The molecule has 61 valence electrons. The zero-order valence-corrected chi connectivity index (χ0v) is 7.46. The van der Waals surface area contributed by atoms with E-state index in [1.165, 1.54) is 27.8 Å². The van der Waals surface area contributed by atoms with E-state index in [-0.39, 0.29) is 0 Å². The van der Waals surface area contributed by atoms with Crippen LogP contribution in [0.15, 0.2) is 36.4 Å². The van der Waals surface area contributed by atoms with Crippen LogP contribution in [-0.4, -0.2) is 0 Å². The highest BCUT2D eigenvalue weighted by Crippen LogP contribution is 2.39. The highest BCUT2D eigenvalue weighted by atomic mass is 14.2. The van der Waals surface area contributed by atoms with Crippen molar-refractivity contribution in [1.82, 2.24) is 0 Å². The molecule has 0 saturated heterocycles. The molecule has 2 aromatic rings. The number of rotatable bonds is 0. The Morgan fingerprint density at radius 3 is 2.62 bits per heavy atom. The Bertz CT molecular complexity index is 481. The predicted octanol–water partition coefficient (Wildman–Crippen LogP) is 3.44. The van der Waals surface area contributed by atoms with Gasteiger partial charge in [0.05, 0.1) is 0 Å². The van der Waals surface area contributed by atoms with Gasteiger partial charge < -0.3 is 0 Å². The molecule has 1 radical (unpaired) electrons. The van der Waals surface area contributed by atoms with Gasteiger partial charge in [0.15, 0.2) is 0 Å². The Morgan fingerprint density at radius 1 is 1.00 bits per heavy atom. The maximum Gasteiger partial charge on any atom is -0.00988 e. The Hall–Kier alpha value is -1.56. The van der Waals surface area contributed by atoms with Gasteiger partial charge in [0.2, 0.25) is 0 Å². The number of fused-ring (bicyclic) bond motifs is 5. The Morgan fingerprint density at radius 2 is 1.77 bits per heavy atom. The van der Waals surface area contributed by atoms with Crippen LogP contribution >= 0.6 is 0 Å². The smallest absolute Gasteiger partial charge is 0.00988 e. The van der Waals surface area contributed by atoms with Gasteiger partial charge in [-0.05, 0) is 52.9 Å². The largest absolute Gasteiger partial charge is 0.0610 e. The van der Waals surface area contributed by atoms with Gasteiger partial charge in [0.25, 0.3) is 0 Å². The summed E-state index contributed by atoms with van der Waals surface area (Å²) < 4.78 is 0. The summed E-state index contributed by atoms with van der Waals surface area (Å²) >= 11 is 0. The van der Waals surface area contributed by atoms with Crippen LogP contribution < -0.4 is 0 Å². The van der Waals surface area contributed by atoms with Crippen LogP contribution in [0.25, 0.3) is 22.3 Å². The second-order valence-electron chi connectivity index (χ2n) is 3.52. The van der Waals surface area contributed by atoms with Crippen LogP contribution in [0.4, 0.5) is 0 Å². The summed E-state index contributed by atoms with van der Waals surface area (Å²) in [6, 6.07) is 16.2. The topological polar surface area (TPSA) is 0 Å². The molecule has 0 aliphatic heterocycles. The van der Waals surface area contributed by atoms with Crippen molar-refractivity contribution < 1.29 is 0 Å². The van der Waals surface area contributed by atoms with E-state index in [0.717, 1.165) is 0 Å². The molecule has 2 bridgehead atoms. The van der Waals surface area contributed by atoms with Crippen molar-refractivity contribution in [1.29, 1.82) is 0 Å². The molecule has 3 rings (SSSR count). The summed E-state index contributed by atoms with van der Waals surface area (Å²) in [6.07, 6.45) is 0. The zero-order valence-electron chi connectivity index (χ0n) is 7.46. The molecule has 0 amide bonds. The molecule has 0 nitrogen and oxygen atoms in total. The molecule has 1 aliphatic carbocycles. The molecule has 0 heterocycles. The molecular weight excluding hydrogens is 156 g/mol. The van der Waals surface area contributed by atoms with Crippen LogP contribution in [-0.2, 0) is 0 Å². The molecule has 0 heteroatoms. The number of hydrogen-bond acceptors (Lipinski definition) is 0. The molecule has 0 fully saturated rings. The van der Waals surface area contributed by atoms with Crippen molar-refractivity contribution >= 4 is 0 Å². The van der Waals surface area contributed by atoms with Crippen molar-refractivity contribution in [3.8, 4) is 22.3 Å². The standard InChI is InChI=1S/C13H9/c1-9-5-6-12-10-3-2-4-11(8-10)13(12)7-9/h2-4,6-8H,1H3. The van der Waals surface area contributed by atoms with Gasteiger partial charge in [-0.25, -0.2) is 0 Å². The lowest BCUT2D eigenvalue weighted by Crippen LogP contribution is -1.77. The summed E-state index contributed by atoms with van der Waals surface area (Å²) in [4.78, 5) is 0. The van der Waals surface area contributed by atoms with Gasteiger partial charge in [-0.2, -0.15) is 0 Å². The number of benzene rings is 2. The maximum atomic E-state index is 3.24. The van der Waals surface area contributed by atoms with Crippen molar-refractivity contribution in [3.05, 3.63) is 48.0 Å². The Balaban J connectivity index is 2.41. The van der Waals surface area contributed by atoms with Gasteiger partial charge in [-0.15, -0.1) is 0 Å². The molecule has 0 atom stereocenters. The number of aryl methyl sites for hydroxylation is 1. The van der Waals surface area contributed by atoms with E-state index in [4.69, 9.17) is 0 Å². The van der Waals surface area contributed by atoms with Gasteiger partial charge in [0.1, 0.15) is 0 Å². The average molecular weight is 165 g/mol.